The van der Waals surface area contributed by atoms with Crippen molar-refractivity contribution in [3.8, 4) is 0 Å². The van der Waals surface area contributed by atoms with E-state index in [1.807, 2.05) is 30.3 Å². The van der Waals surface area contributed by atoms with Crippen molar-refractivity contribution in [1.82, 2.24) is 9.88 Å². The van der Waals surface area contributed by atoms with Crippen LogP contribution < -0.4 is 0 Å². The third-order valence-electron chi connectivity index (χ3n) is 6.27. The van der Waals surface area contributed by atoms with Crippen molar-refractivity contribution in [3.63, 3.8) is 0 Å². The number of pyridine rings is 1. The summed E-state index contributed by atoms with van der Waals surface area (Å²) in [4.78, 5) is 31.7. The van der Waals surface area contributed by atoms with Gasteiger partial charge in [-0.05, 0) is 49.5 Å². The number of amides is 1. The van der Waals surface area contributed by atoms with Gasteiger partial charge >= 0.3 is 0 Å². The molecule has 1 aromatic carbocycles. The third-order valence-corrected chi connectivity index (χ3v) is 6.27. The molecule has 1 amide bonds. The maximum Gasteiger partial charge on any atom is 0.222 e. The van der Waals surface area contributed by atoms with E-state index >= 15 is 0 Å². The molecule has 1 aliphatic carbocycles. The number of carbonyl (C=O) groups is 2. The lowest BCUT2D eigenvalue weighted by atomic mass is 9.78. The van der Waals surface area contributed by atoms with Gasteiger partial charge in [0.15, 0.2) is 5.78 Å². The van der Waals surface area contributed by atoms with Gasteiger partial charge in [-0.25, -0.2) is 0 Å². The van der Waals surface area contributed by atoms with Crippen molar-refractivity contribution in [2.45, 2.75) is 63.8 Å². The molecule has 1 saturated heterocycles. The first-order chi connectivity index (χ1) is 13.2. The number of Topliss-reactive ketones (excluding diaryl/α,β-unsaturated/α-hetero) is 1. The maximum absolute atomic E-state index is 12.7. The van der Waals surface area contributed by atoms with Crippen LogP contribution in [-0.4, -0.2) is 34.2 Å². The number of fused-ring (bicyclic) bond motifs is 2. The first kappa shape index (κ1) is 18.1. The predicted octanol–water partition coefficient (Wildman–Crippen LogP) is 4.77. The lowest BCUT2D eigenvalue weighted by molar-refractivity contribution is -0.137. The van der Waals surface area contributed by atoms with Crippen LogP contribution in [0.3, 0.4) is 0 Å². The molecule has 4 nitrogen and oxygen atoms in total. The average Bonchev–Trinajstić information content (AvgIpc) is 2.72. The molecule has 0 bridgehead atoms. The maximum atomic E-state index is 12.7. The number of likely N-dealkylation sites (tertiary alicyclic amines) is 1. The molecule has 0 spiro atoms. The summed E-state index contributed by atoms with van der Waals surface area (Å²) in [5.74, 6) is 0.980. The molecule has 0 radical (unpaired) electrons. The van der Waals surface area contributed by atoms with Gasteiger partial charge in [-0.3, -0.25) is 14.6 Å². The molecule has 1 saturated carbocycles. The van der Waals surface area contributed by atoms with Gasteiger partial charge in [-0.1, -0.05) is 37.1 Å². The van der Waals surface area contributed by atoms with Crippen molar-refractivity contribution < 1.29 is 9.59 Å². The Morgan fingerprint density at radius 1 is 1.00 bits per heavy atom. The Morgan fingerprint density at radius 2 is 1.78 bits per heavy atom. The van der Waals surface area contributed by atoms with Gasteiger partial charge in [0.05, 0.1) is 0 Å². The van der Waals surface area contributed by atoms with E-state index in [0.717, 1.165) is 30.2 Å². The number of aromatic nitrogens is 1. The first-order valence-electron chi connectivity index (χ1n) is 10.4. The zero-order valence-electron chi connectivity index (χ0n) is 15.9. The molecular weight excluding hydrogens is 336 g/mol. The molecule has 2 aliphatic rings. The van der Waals surface area contributed by atoms with Crippen LogP contribution in [0.15, 0.2) is 36.5 Å². The van der Waals surface area contributed by atoms with Crippen molar-refractivity contribution in [2.24, 2.45) is 5.92 Å². The summed E-state index contributed by atoms with van der Waals surface area (Å²) in [6.07, 6.45) is 10.6. The second kappa shape index (κ2) is 8.20. The fourth-order valence-corrected chi connectivity index (χ4v) is 4.84. The van der Waals surface area contributed by atoms with E-state index in [9.17, 15) is 9.59 Å². The van der Waals surface area contributed by atoms with Gasteiger partial charge in [0.1, 0.15) is 5.69 Å². The normalized spacial score (nSPS) is 22.4. The highest BCUT2D eigenvalue weighted by Crippen LogP contribution is 2.35. The number of hydrogen-bond donors (Lipinski definition) is 0. The van der Waals surface area contributed by atoms with Crippen LogP contribution in [0.5, 0.6) is 0 Å². The van der Waals surface area contributed by atoms with Gasteiger partial charge in [0.25, 0.3) is 0 Å². The predicted molar refractivity (Wildman–Crippen MR) is 107 cm³/mol. The molecule has 2 heterocycles. The fourth-order valence-electron chi connectivity index (χ4n) is 4.84. The number of benzene rings is 1. The van der Waals surface area contributed by atoms with Crippen molar-refractivity contribution in [3.05, 3.63) is 42.2 Å². The smallest absolute Gasteiger partial charge is 0.222 e. The Balaban J connectivity index is 1.31. The van der Waals surface area contributed by atoms with Crippen LogP contribution in [0, 0.1) is 5.92 Å². The lowest BCUT2D eigenvalue weighted by Crippen LogP contribution is -2.49. The number of carbonyl (C=O) groups excluding carboxylic acids is 2. The zero-order valence-corrected chi connectivity index (χ0v) is 15.9. The number of rotatable bonds is 5. The van der Waals surface area contributed by atoms with Crippen LogP contribution in [0.4, 0.5) is 0 Å². The Bertz CT molecular complexity index is 830. The largest absolute Gasteiger partial charge is 0.339 e. The zero-order chi connectivity index (χ0) is 18.6. The van der Waals surface area contributed by atoms with Crippen molar-refractivity contribution in [2.75, 3.05) is 6.54 Å². The van der Waals surface area contributed by atoms with E-state index in [4.69, 9.17) is 0 Å². The molecule has 4 rings (SSSR count). The van der Waals surface area contributed by atoms with Gasteiger partial charge in [0.2, 0.25) is 5.91 Å². The van der Waals surface area contributed by atoms with Crippen LogP contribution in [0.1, 0.15) is 68.3 Å². The number of piperidine rings is 1. The molecule has 4 heteroatoms. The molecule has 27 heavy (non-hydrogen) atoms. The quantitative estimate of drug-likeness (QED) is 0.718. The SMILES string of the molecule is O=C(CCCC(=O)N1CCCC2CCCCC21)c1cc2ccccc2cn1. The Hall–Kier alpha value is -2.23. The van der Waals surface area contributed by atoms with E-state index in [0.29, 0.717) is 36.9 Å². The molecular formula is C23H28N2O2. The van der Waals surface area contributed by atoms with Crippen molar-refractivity contribution in [1.29, 1.82) is 0 Å². The minimum absolute atomic E-state index is 0.0303. The minimum atomic E-state index is 0.0303. The number of nitrogens with zero attached hydrogens (tertiary/aromatic N) is 2. The van der Waals surface area contributed by atoms with Crippen molar-refractivity contribution >= 4 is 22.5 Å². The summed E-state index contributed by atoms with van der Waals surface area (Å²) in [5, 5.41) is 2.07. The minimum Gasteiger partial charge on any atom is -0.339 e. The molecule has 1 aromatic heterocycles. The van der Waals surface area contributed by atoms with E-state index in [1.54, 1.807) is 6.20 Å². The summed E-state index contributed by atoms with van der Waals surface area (Å²) in [7, 11) is 0. The van der Waals surface area contributed by atoms with Crippen LogP contribution in [-0.2, 0) is 4.79 Å². The molecule has 2 atom stereocenters. The fraction of sp³-hybridized carbons (Fsp3) is 0.522. The molecule has 0 N–H and O–H groups in total. The first-order valence-corrected chi connectivity index (χ1v) is 10.4. The number of hydrogen-bond acceptors (Lipinski definition) is 3. The summed E-state index contributed by atoms with van der Waals surface area (Å²) in [6.45, 7) is 0.903. The standard InChI is InChI=1S/C23H28N2O2/c26-22(20-15-18-8-1-2-9-19(18)16-24-20)12-5-13-23(27)25-14-6-10-17-7-3-4-11-21(17)25/h1-2,8-9,15-17,21H,3-7,10-14H2. The molecule has 142 valence electrons. The lowest BCUT2D eigenvalue weighted by Gasteiger charge is -2.44. The van der Waals surface area contributed by atoms with E-state index < -0.39 is 0 Å². The summed E-state index contributed by atoms with van der Waals surface area (Å²) < 4.78 is 0. The highest BCUT2D eigenvalue weighted by atomic mass is 16.2. The third kappa shape index (κ3) is 4.05. The molecule has 2 fully saturated rings. The second-order valence-corrected chi connectivity index (χ2v) is 8.03. The molecule has 2 aromatic rings. The Kier molecular flexibility index (Phi) is 5.51. The highest BCUT2D eigenvalue weighted by Gasteiger charge is 2.35. The van der Waals surface area contributed by atoms with Crippen LogP contribution in [0.25, 0.3) is 10.8 Å². The van der Waals surface area contributed by atoms with E-state index in [-0.39, 0.29) is 11.7 Å². The van der Waals surface area contributed by atoms with Gasteiger partial charge < -0.3 is 4.90 Å². The van der Waals surface area contributed by atoms with Crippen LogP contribution >= 0.6 is 0 Å². The molecule has 2 unspecified atom stereocenters. The summed E-state index contributed by atoms with van der Waals surface area (Å²) in [5.41, 5.74) is 0.506. The topological polar surface area (TPSA) is 50.3 Å². The van der Waals surface area contributed by atoms with Gasteiger partial charge in [0, 0.05) is 37.0 Å². The van der Waals surface area contributed by atoms with Gasteiger partial charge in [-0.2, -0.15) is 0 Å². The summed E-state index contributed by atoms with van der Waals surface area (Å²) >= 11 is 0. The second-order valence-electron chi connectivity index (χ2n) is 8.03. The van der Waals surface area contributed by atoms with E-state index in [1.165, 1.54) is 25.7 Å². The average molecular weight is 364 g/mol. The highest BCUT2D eigenvalue weighted by molar-refractivity contribution is 5.97. The van der Waals surface area contributed by atoms with Crippen LogP contribution in [0.2, 0.25) is 0 Å². The van der Waals surface area contributed by atoms with E-state index in [2.05, 4.69) is 9.88 Å². The number of ketones is 1. The Labute approximate surface area is 161 Å². The Morgan fingerprint density at radius 3 is 2.67 bits per heavy atom. The monoisotopic (exact) mass is 364 g/mol. The summed E-state index contributed by atoms with van der Waals surface area (Å²) in [6, 6.07) is 10.2. The molecule has 1 aliphatic heterocycles. The van der Waals surface area contributed by atoms with Gasteiger partial charge in [-0.15, -0.1) is 0 Å².